The van der Waals surface area contributed by atoms with E-state index < -0.39 is 0 Å². The first-order valence-corrected chi connectivity index (χ1v) is 13.7. The maximum Gasteiger partial charge on any atom is 0.160 e. The first-order chi connectivity index (χ1) is 20.3. The van der Waals surface area contributed by atoms with Gasteiger partial charge in [-0.2, -0.15) is 0 Å². The van der Waals surface area contributed by atoms with Crippen LogP contribution in [0.1, 0.15) is 0 Å². The molecule has 41 heavy (non-hydrogen) atoms. The highest BCUT2D eigenvalue weighted by Crippen LogP contribution is 2.35. The van der Waals surface area contributed by atoms with Gasteiger partial charge in [-0.05, 0) is 58.3 Å². The normalized spacial score (nSPS) is 11.4. The summed E-state index contributed by atoms with van der Waals surface area (Å²) in [4.78, 5) is 9.97. The van der Waals surface area contributed by atoms with E-state index in [1.807, 2.05) is 36.4 Å². The third-order valence-electron chi connectivity index (χ3n) is 7.68. The Bertz CT molecular complexity index is 2140. The van der Waals surface area contributed by atoms with E-state index in [9.17, 15) is 0 Å². The van der Waals surface area contributed by atoms with Gasteiger partial charge in [0.1, 0.15) is 11.2 Å². The number of furan rings is 1. The van der Waals surface area contributed by atoms with Crippen LogP contribution < -0.4 is 0 Å². The first-order valence-electron chi connectivity index (χ1n) is 13.7. The van der Waals surface area contributed by atoms with Gasteiger partial charge in [-0.15, -0.1) is 0 Å². The molecule has 192 valence electrons. The fourth-order valence-electron chi connectivity index (χ4n) is 5.55. The van der Waals surface area contributed by atoms with Gasteiger partial charge in [0.15, 0.2) is 5.82 Å². The van der Waals surface area contributed by atoms with Crippen LogP contribution in [-0.2, 0) is 0 Å². The number of hydrogen-bond acceptors (Lipinski definition) is 3. The average Bonchev–Trinajstić information content (AvgIpc) is 3.42. The van der Waals surface area contributed by atoms with Crippen LogP contribution in [0.5, 0.6) is 0 Å². The minimum Gasteiger partial charge on any atom is -0.456 e. The SMILES string of the molecule is c1ccc(-c2cc(-c3ccccc3)nc(-c3ccc4c(c3)oc3cc(-c5ccc6ccccc6c5)ccc34)n2)cc1. The molecule has 0 saturated heterocycles. The zero-order chi connectivity index (χ0) is 27.2. The standard InChI is InChI=1S/C38H24N2O/c1-3-10-26(11-4-1)34-24-35(27-12-5-2-6-13-27)40-38(39-34)31-18-20-33-32-19-17-30(22-36(32)41-37(33)23-31)29-16-15-25-9-7-8-14-28(25)21-29/h1-24H. The van der Waals surface area contributed by atoms with Crippen LogP contribution in [-0.4, -0.2) is 9.97 Å². The van der Waals surface area contributed by atoms with Gasteiger partial charge in [0.2, 0.25) is 0 Å². The number of aromatic nitrogens is 2. The Morgan fingerprint density at radius 2 is 0.878 bits per heavy atom. The Morgan fingerprint density at radius 3 is 1.54 bits per heavy atom. The summed E-state index contributed by atoms with van der Waals surface area (Å²) in [5.41, 5.74) is 8.80. The number of nitrogens with zero attached hydrogens (tertiary/aromatic N) is 2. The summed E-state index contributed by atoms with van der Waals surface area (Å²) in [6.45, 7) is 0. The molecule has 8 rings (SSSR count). The molecule has 0 spiro atoms. The van der Waals surface area contributed by atoms with Crippen LogP contribution in [0.15, 0.2) is 150 Å². The van der Waals surface area contributed by atoms with Crippen molar-refractivity contribution in [2.45, 2.75) is 0 Å². The molecule has 0 amide bonds. The number of hydrogen-bond donors (Lipinski definition) is 0. The second kappa shape index (κ2) is 9.58. The Kier molecular flexibility index (Phi) is 5.46. The van der Waals surface area contributed by atoms with Crippen molar-refractivity contribution in [2.75, 3.05) is 0 Å². The number of fused-ring (bicyclic) bond motifs is 4. The molecule has 0 radical (unpaired) electrons. The van der Waals surface area contributed by atoms with Crippen molar-refractivity contribution in [3.8, 4) is 45.0 Å². The molecule has 0 aliphatic carbocycles. The molecule has 2 heterocycles. The summed E-state index contributed by atoms with van der Waals surface area (Å²) < 4.78 is 6.44. The van der Waals surface area contributed by atoms with E-state index in [1.165, 1.54) is 16.3 Å². The van der Waals surface area contributed by atoms with Crippen LogP contribution in [0.25, 0.3) is 77.7 Å². The Morgan fingerprint density at radius 1 is 0.366 bits per heavy atom. The molecule has 0 aliphatic heterocycles. The maximum atomic E-state index is 6.44. The number of rotatable bonds is 4. The lowest BCUT2D eigenvalue weighted by Gasteiger charge is -2.09. The van der Waals surface area contributed by atoms with Gasteiger partial charge in [-0.1, -0.05) is 109 Å². The van der Waals surface area contributed by atoms with E-state index >= 15 is 0 Å². The summed E-state index contributed by atoms with van der Waals surface area (Å²) in [7, 11) is 0. The van der Waals surface area contributed by atoms with Gasteiger partial charge in [0, 0.05) is 27.5 Å². The summed E-state index contributed by atoms with van der Waals surface area (Å²) in [6, 6.07) is 50.3. The van der Waals surface area contributed by atoms with E-state index in [2.05, 4.69) is 109 Å². The van der Waals surface area contributed by atoms with E-state index in [0.29, 0.717) is 5.82 Å². The van der Waals surface area contributed by atoms with Gasteiger partial charge < -0.3 is 4.42 Å². The minimum atomic E-state index is 0.671. The largest absolute Gasteiger partial charge is 0.456 e. The van der Waals surface area contributed by atoms with Gasteiger partial charge in [0.25, 0.3) is 0 Å². The smallest absolute Gasteiger partial charge is 0.160 e. The molecule has 0 aliphatic rings. The van der Waals surface area contributed by atoms with Gasteiger partial charge in [-0.25, -0.2) is 9.97 Å². The van der Waals surface area contributed by atoms with Crippen molar-refractivity contribution in [3.05, 3.63) is 146 Å². The zero-order valence-corrected chi connectivity index (χ0v) is 22.2. The molecule has 0 bridgehead atoms. The predicted octanol–water partition coefficient (Wildman–Crippen LogP) is 10.2. The Hall–Kier alpha value is -5.54. The van der Waals surface area contributed by atoms with Gasteiger partial charge >= 0.3 is 0 Å². The highest BCUT2D eigenvalue weighted by Gasteiger charge is 2.14. The lowest BCUT2D eigenvalue weighted by atomic mass is 10.00. The molecule has 3 nitrogen and oxygen atoms in total. The maximum absolute atomic E-state index is 6.44. The third-order valence-corrected chi connectivity index (χ3v) is 7.68. The Labute approximate surface area is 237 Å². The molecular weight excluding hydrogens is 500 g/mol. The van der Waals surface area contributed by atoms with Crippen molar-refractivity contribution in [1.29, 1.82) is 0 Å². The molecular formula is C38H24N2O. The van der Waals surface area contributed by atoms with Crippen LogP contribution in [0, 0.1) is 0 Å². The summed E-state index contributed by atoms with van der Waals surface area (Å²) in [5, 5.41) is 4.64. The number of benzene rings is 6. The van der Waals surface area contributed by atoms with Gasteiger partial charge in [0.05, 0.1) is 11.4 Å². The van der Waals surface area contributed by atoms with Crippen molar-refractivity contribution in [3.63, 3.8) is 0 Å². The van der Waals surface area contributed by atoms with E-state index in [0.717, 1.165) is 55.6 Å². The first kappa shape index (κ1) is 23.4. The van der Waals surface area contributed by atoms with Gasteiger partial charge in [-0.3, -0.25) is 0 Å². The average molecular weight is 525 g/mol. The second-order valence-electron chi connectivity index (χ2n) is 10.3. The Balaban J connectivity index is 1.24. The van der Waals surface area contributed by atoms with Crippen molar-refractivity contribution in [2.24, 2.45) is 0 Å². The van der Waals surface area contributed by atoms with Crippen molar-refractivity contribution >= 4 is 32.7 Å². The molecule has 0 unspecified atom stereocenters. The summed E-state index contributed by atoms with van der Waals surface area (Å²) in [6.07, 6.45) is 0. The third kappa shape index (κ3) is 4.25. The molecule has 0 N–H and O–H groups in total. The second-order valence-corrected chi connectivity index (χ2v) is 10.3. The quantitative estimate of drug-likeness (QED) is 0.230. The molecule has 6 aromatic carbocycles. The molecule has 0 saturated carbocycles. The predicted molar refractivity (Wildman–Crippen MR) is 169 cm³/mol. The molecule has 3 heteroatoms. The van der Waals surface area contributed by atoms with Crippen LogP contribution in [0.2, 0.25) is 0 Å². The lowest BCUT2D eigenvalue weighted by molar-refractivity contribution is 0.669. The topological polar surface area (TPSA) is 38.9 Å². The van der Waals surface area contributed by atoms with Crippen LogP contribution >= 0.6 is 0 Å². The fraction of sp³-hybridized carbons (Fsp3) is 0. The van der Waals surface area contributed by atoms with Crippen molar-refractivity contribution in [1.82, 2.24) is 9.97 Å². The van der Waals surface area contributed by atoms with Crippen LogP contribution in [0.3, 0.4) is 0 Å². The molecule has 0 atom stereocenters. The monoisotopic (exact) mass is 524 g/mol. The minimum absolute atomic E-state index is 0.671. The van der Waals surface area contributed by atoms with E-state index in [4.69, 9.17) is 14.4 Å². The van der Waals surface area contributed by atoms with Crippen molar-refractivity contribution < 1.29 is 4.42 Å². The molecule has 0 fully saturated rings. The summed E-state index contributed by atoms with van der Waals surface area (Å²) >= 11 is 0. The summed E-state index contributed by atoms with van der Waals surface area (Å²) in [5.74, 6) is 0.671. The van der Waals surface area contributed by atoms with Crippen LogP contribution in [0.4, 0.5) is 0 Å². The fourth-order valence-corrected chi connectivity index (χ4v) is 5.55. The van der Waals surface area contributed by atoms with E-state index in [-0.39, 0.29) is 0 Å². The molecule has 8 aromatic rings. The lowest BCUT2D eigenvalue weighted by Crippen LogP contribution is -1.95. The zero-order valence-electron chi connectivity index (χ0n) is 22.2. The molecule has 2 aromatic heterocycles. The highest BCUT2D eigenvalue weighted by molar-refractivity contribution is 6.07. The highest BCUT2D eigenvalue weighted by atomic mass is 16.3. The van der Waals surface area contributed by atoms with E-state index in [1.54, 1.807) is 0 Å².